The molecule has 35 heavy (non-hydrogen) atoms. The van der Waals surface area contributed by atoms with Gasteiger partial charge >= 0.3 is 6.18 Å². The molecule has 2 aromatic rings. The van der Waals surface area contributed by atoms with Gasteiger partial charge in [-0.15, -0.1) is 0 Å². The average molecular weight is 485 g/mol. The van der Waals surface area contributed by atoms with Crippen molar-refractivity contribution in [2.75, 3.05) is 19.6 Å². The van der Waals surface area contributed by atoms with Crippen LogP contribution in [0.2, 0.25) is 0 Å². The first-order valence-electron chi connectivity index (χ1n) is 12.3. The summed E-state index contributed by atoms with van der Waals surface area (Å²) < 4.78 is 39.5. The van der Waals surface area contributed by atoms with Crippen LogP contribution in [0, 0.1) is 0 Å². The van der Waals surface area contributed by atoms with Crippen molar-refractivity contribution in [3.8, 4) is 0 Å². The summed E-state index contributed by atoms with van der Waals surface area (Å²) in [5.41, 5.74) is 3.12. The fourth-order valence-corrected chi connectivity index (χ4v) is 5.27. The van der Waals surface area contributed by atoms with Crippen LogP contribution < -0.4 is 5.32 Å². The Bertz CT molecular complexity index is 1120. The molecule has 1 atom stereocenters. The van der Waals surface area contributed by atoms with Crippen LogP contribution in [0.25, 0.3) is 6.08 Å². The van der Waals surface area contributed by atoms with Gasteiger partial charge in [0.15, 0.2) is 5.78 Å². The van der Waals surface area contributed by atoms with Crippen LogP contribution in [-0.4, -0.2) is 42.3 Å². The third-order valence-electron chi connectivity index (χ3n) is 6.95. The Morgan fingerprint density at radius 3 is 2.66 bits per heavy atom. The summed E-state index contributed by atoms with van der Waals surface area (Å²) in [6.07, 6.45) is 4.37. The van der Waals surface area contributed by atoms with Gasteiger partial charge in [-0.1, -0.05) is 37.3 Å². The average Bonchev–Trinajstić information content (AvgIpc) is 3.23. The van der Waals surface area contributed by atoms with Crippen LogP contribution in [0.15, 0.2) is 42.5 Å². The number of unbranched alkanes of at least 4 members (excludes halogenated alkanes) is 1. The molecule has 0 heterocycles. The monoisotopic (exact) mass is 484 g/mol. The molecular formula is C28H31F3N2O2. The number of alkyl halides is 3. The molecule has 186 valence electrons. The minimum Gasteiger partial charge on any atom is -0.352 e. The second-order valence-corrected chi connectivity index (χ2v) is 9.30. The van der Waals surface area contributed by atoms with E-state index in [0.29, 0.717) is 19.0 Å². The van der Waals surface area contributed by atoms with E-state index in [9.17, 15) is 22.8 Å². The highest BCUT2D eigenvalue weighted by atomic mass is 19.4. The van der Waals surface area contributed by atoms with Crippen LogP contribution in [0.3, 0.4) is 0 Å². The number of ketones is 1. The van der Waals surface area contributed by atoms with Gasteiger partial charge in [0.1, 0.15) is 0 Å². The Morgan fingerprint density at radius 2 is 1.89 bits per heavy atom. The summed E-state index contributed by atoms with van der Waals surface area (Å²) in [6.45, 7) is 4.32. The fourth-order valence-electron chi connectivity index (χ4n) is 5.27. The predicted octanol–water partition coefficient (Wildman–Crippen LogP) is 5.69. The molecule has 0 aromatic heterocycles. The SMILES string of the molecule is CCCN(CCCCNC(=O)c1ccccc1C(F)(F)F)[C@H]1CCc2c(ccc3c2C(=O)C=C3)C1. The van der Waals surface area contributed by atoms with Gasteiger partial charge in [-0.2, -0.15) is 13.2 Å². The minimum absolute atomic E-state index is 0.112. The van der Waals surface area contributed by atoms with Crippen LogP contribution in [0.1, 0.15) is 75.6 Å². The van der Waals surface area contributed by atoms with Crippen molar-refractivity contribution < 1.29 is 22.8 Å². The second-order valence-electron chi connectivity index (χ2n) is 9.30. The van der Waals surface area contributed by atoms with Gasteiger partial charge in [0, 0.05) is 18.2 Å². The van der Waals surface area contributed by atoms with Crippen molar-refractivity contribution in [1.29, 1.82) is 0 Å². The predicted molar refractivity (Wildman–Crippen MR) is 130 cm³/mol. The van der Waals surface area contributed by atoms with E-state index in [4.69, 9.17) is 0 Å². The number of allylic oxidation sites excluding steroid dienone is 1. The molecular weight excluding hydrogens is 453 g/mol. The van der Waals surface area contributed by atoms with E-state index in [-0.39, 0.29) is 11.3 Å². The summed E-state index contributed by atoms with van der Waals surface area (Å²) in [5, 5.41) is 2.64. The number of nitrogens with one attached hydrogen (secondary N) is 1. The third kappa shape index (κ3) is 5.67. The summed E-state index contributed by atoms with van der Waals surface area (Å²) in [7, 11) is 0. The highest BCUT2D eigenvalue weighted by Crippen LogP contribution is 2.33. The Labute approximate surface area is 204 Å². The summed E-state index contributed by atoms with van der Waals surface area (Å²) >= 11 is 0. The zero-order chi connectivity index (χ0) is 25.0. The Hall–Kier alpha value is -2.93. The van der Waals surface area contributed by atoms with E-state index in [1.54, 1.807) is 6.08 Å². The van der Waals surface area contributed by atoms with E-state index in [2.05, 4.69) is 23.2 Å². The maximum absolute atomic E-state index is 13.2. The molecule has 4 nitrogen and oxygen atoms in total. The molecule has 0 fully saturated rings. The van der Waals surface area contributed by atoms with Gasteiger partial charge < -0.3 is 10.2 Å². The molecule has 4 rings (SSSR count). The molecule has 1 amide bonds. The number of halogens is 3. The van der Waals surface area contributed by atoms with E-state index in [1.165, 1.54) is 29.3 Å². The summed E-state index contributed by atoms with van der Waals surface area (Å²) in [6, 6.07) is 9.47. The fraction of sp³-hybridized carbons (Fsp3) is 0.429. The van der Waals surface area contributed by atoms with E-state index >= 15 is 0 Å². The smallest absolute Gasteiger partial charge is 0.352 e. The number of rotatable bonds is 9. The first-order valence-corrected chi connectivity index (χ1v) is 12.3. The highest BCUT2D eigenvalue weighted by Gasteiger charge is 2.34. The molecule has 0 bridgehead atoms. The first kappa shape index (κ1) is 25.2. The molecule has 0 unspecified atom stereocenters. The lowest BCUT2D eigenvalue weighted by molar-refractivity contribution is -0.137. The maximum atomic E-state index is 13.2. The molecule has 7 heteroatoms. The minimum atomic E-state index is -4.56. The van der Waals surface area contributed by atoms with Crippen molar-refractivity contribution in [3.05, 3.63) is 75.9 Å². The standard InChI is InChI=1S/C28H31F3N2O2/c1-2-16-33(21-12-13-22-20(18-21)10-9-19-11-14-25(34)26(19)22)17-6-5-15-32-27(35)23-7-3-4-8-24(23)28(29,30)31/h3-4,7-11,14,21H,2,5-6,12-13,15-18H2,1H3,(H,32,35)/t21-/m0/s1. The lowest BCUT2D eigenvalue weighted by Gasteiger charge is -2.36. The Balaban J connectivity index is 1.29. The number of nitrogens with zero attached hydrogens (tertiary/aromatic N) is 1. The Kier molecular flexibility index (Phi) is 7.75. The molecule has 1 N–H and O–H groups in total. The molecule has 2 aliphatic carbocycles. The van der Waals surface area contributed by atoms with Gasteiger partial charge in [-0.3, -0.25) is 9.59 Å². The molecule has 2 aliphatic rings. The van der Waals surface area contributed by atoms with Crippen molar-refractivity contribution in [1.82, 2.24) is 10.2 Å². The topological polar surface area (TPSA) is 49.4 Å². The van der Waals surface area contributed by atoms with Gasteiger partial charge in [0.2, 0.25) is 0 Å². The Morgan fingerprint density at radius 1 is 1.09 bits per heavy atom. The molecule has 0 spiro atoms. The van der Waals surface area contributed by atoms with Crippen LogP contribution in [0.5, 0.6) is 0 Å². The number of fused-ring (bicyclic) bond motifs is 3. The number of carbonyl (C=O) groups is 2. The van der Waals surface area contributed by atoms with Gasteiger partial charge in [-0.25, -0.2) is 0 Å². The van der Waals surface area contributed by atoms with Gasteiger partial charge in [0.25, 0.3) is 5.91 Å². The van der Waals surface area contributed by atoms with Crippen LogP contribution in [0.4, 0.5) is 13.2 Å². The summed E-state index contributed by atoms with van der Waals surface area (Å²) in [4.78, 5) is 27.1. The zero-order valence-electron chi connectivity index (χ0n) is 20.0. The number of amides is 1. The molecule has 0 saturated heterocycles. The van der Waals surface area contributed by atoms with Gasteiger partial charge in [-0.05, 0) is 86.5 Å². The lowest BCUT2D eigenvalue weighted by atomic mass is 9.83. The summed E-state index contributed by atoms with van der Waals surface area (Å²) in [5.74, 6) is -0.579. The molecule has 2 aromatic carbocycles. The normalized spacial score (nSPS) is 16.9. The van der Waals surface area contributed by atoms with Crippen molar-refractivity contribution in [2.45, 2.75) is 57.7 Å². The van der Waals surface area contributed by atoms with Crippen LogP contribution in [-0.2, 0) is 19.0 Å². The van der Waals surface area contributed by atoms with Crippen LogP contribution >= 0.6 is 0 Å². The largest absolute Gasteiger partial charge is 0.417 e. The van der Waals surface area contributed by atoms with E-state index in [0.717, 1.165) is 62.4 Å². The molecule has 0 aliphatic heterocycles. The maximum Gasteiger partial charge on any atom is 0.417 e. The van der Waals surface area contributed by atoms with E-state index < -0.39 is 17.6 Å². The highest BCUT2D eigenvalue weighted by molar-refractivity contribution is 6.14. The number of hydrogen-bond donors (Lipinski definition) is 1. The van der Waals surface area contributed by atoms with Crippen molar-refractivity contribution >= 4 is 17.8 Å². The number of carbonyl (C=O) groups excluding carboxylic acids is 2. The van der Waals surface area contributed by atoms with Crippen molar-refractivity contribution in [2.24, 2.45) is 0 Å². The molecule has 0 radical (unpaired) electrons. The number of hydrogen-bond acceptors (Lipinski definition) is 3. The third-order valence-corrected chi connectivity index (χ3v) is 6.95. The number of benzene rings is 2. The van der Waals surface area contributed by atoms with Crippen molar-refractivity contribution in [3.63, 3.8) is 0 Å². The first-order chi connectivity index (χ1) is 16.8. The zero-order valence-corrected chi connectivity index (χ0v) is 20.0. The van der Waals surface area contributed by atoms with E-state index in [1.807, 2.05) is 12.1 Å². The second kappa shape index (κ2) is 10.8. The van der Waals surface area contributed by atoms with Gasteiger partial charge in [0.05, 0.1) is 11.1 Å². The quantitative estimate of drug-likeness (QED) is 0.465. The molecule has 0 saturated carbocycles. The lowest BCUT2D eigenvalue weighted by Crippen LogP contribution is -2.41.